The molecule has 2 aliphatic rings. The number of hydrogen-bond acceptors (Lipinski definition) is 4. The quantitative estimate of drug-likeness (QED) is 0.736. The molecule has 2 heterocycles. The molecule has 6 nitrogen and oxygen atoms in total. The highest BCUT2D eigenvalue weighted by atomic mass is 32.2. The number of ether oxygens (including phenoxy) is 1. The van der Waals surface area contributed by atoms with Crippen LogP contribution in [0.4, 0.5) is 0 Å². The zero-order valence-electron chi connectivity index (χ0n) is 10.0. The normalized spacial score (nSPS) is 29.4. The van der Waals surface area contributed by atoms with E-state index in [0.29, 0.717) is 19.2 Å². The Hall–Kier alpha value is -0.210. The van der Waals surface area contributed by atoms with Crippen LogP contribution in [0.25, 0.3) is 0 Å². The van der Waals surface area contributed by atoms with E-state index < -0.39 is 10.2 Å². The Labute approximate surface area is 103 Å². The molecule has 0 saturated carbocycles. The summed E-state index contributed by atoms with van der Waals surface area (Å²) in [5.41, 5.74) is 0. The van der Waals surface area contributed by atoms with E-state index >= 15 is 0 Å². The van der Waals surface area contributed by atoms with Crippen LogP contribution in [0, 0.1) is 0 Å². The molecular formula is C10H21N3O3S. The number of nitrogens with zero attached hydrogens (tertiary/aromatic N) is 2. The van der Waals surface area contributed by atoms with Gasteiger partial charge in [-0.25, -0.2) is 5.14 Å². The molecule has 0 aromatic heterocycles. The largest absolute Gasteiger partial charge is 0.377 e. The lowest BCUT2D eigenvalue weighted by atomic mass is 10.2. The number of rotatable bonds is 3. The average Bonchev–Trinajstić information content (AvgIpc) is 2.61. The standard InChI is InChI=1S/C10H21N3O3S/c11-17(14,15)13-5-2-4-12(6-7-13)9-10-3-1-8-16-10/h10H,1-9H2,(H2,11,14,15). The average molecular weight is 263 g/mol. The molecule has 2 rings (SSSR count). The molecule has 2 N–H and O–H groups in total. The Morgan fingerprint density at radius 3 is 2.65 bits per heavy atom. The first-order valence-corrected chi connectivity index (χ1v) is 7.68. The third kappa shape index (κ3) is 3.89. The summed E-state index contributed by atoms with van der Waals surface area (Å²) in [4.78, 5) is 2.28. The Bertz CT molecular complexity index is 341. The number of hydrogen-bond donors (Lipinski definition) is 1. The third-order valence-corrected chi connectivity index (χ3v) is 4.48. The van der Waals surface area contributed by atoms with Crippen LogP contribution in [0.5, 0.6) is 0 Å². The van der Waals surface area contributed by atoms with E-state index in [2.05, 4.69) is 4.90 Å². The van der Waals surface area contributed by atoms with Crippen molar-refractivity contribution in [2.24, 2.45) is 5.14 Å². The molecule has 0 aliphatic carbocycles. The second-order valence-electron chi connectivity index (χ2n) is 4.73. The van der Waals surface area contributed by atoms with Crippen LogP contribution in [0.15, 0.2) is 0 Å². The maximum Gasteiger partial charge on any atom is 0.276 e. The Kier molecular flexibility index (Phi) is 4.37. The number of nitrogens with two attached hydrogens (primary N) is 1. The lowest BCUT2D eigenvalue weighted by molar-refractivity contribution is 0.0749. The second kappa shape index (κ2) is 5.62. The van der Waals surface area contributed by atoms with Gasteiger partial charge in [-0.2, -0.15) is 12.7 Å². The van der Waals surface area contributed by atoms with Gasteiger partial charge in [0.25, 0.3) is 10.2 Å². The smallest absolute Gasteiger partial charge is 0.276 e. The molecule has 7 heteroatoms. The fourth-order valence-corrected chi connectivity index (χ4v) is 3.18. The van der Waals surface area contributed by atoms with Crippen LogP contribution >= 0.6 is 0 Å². The van der Waals surface area contributed by atoms with Gasteiger partial charge in [0.15, 0.2) is 0 Å². The minimum Gasteiger partial charge on any atom is -0.377 e. The van der Waals surface area contributed by atoms with Crippen molar-refractivity contribution in [2.45, 2.75) is 25.4 Å². The van der Waals surface area contributed by atoms with Gasteiger partial charge >= 0.3 is 0 Å². The zero-order chi connectivity index (χ0) is 12.3. The first kappa shape index (κ1) is 13.2. The highest BCUT2D eigenvalue weighted by Gasteiger charge is 2.24. The lowest BCUT2D eigenvalue weighted by Crippen LogP contribution is -2.40. The molecule has 0 aromatic rings. The van der Waals surface area contributed by atoms with Gasteiger partial charge in [0.05, 0.1) is 6.10 Å². The van der Waals surface area contributed by atoms with E-state index in [9.17, 15) is 8.42 Å². The zero-order valence-corrected chi connectivity index (χ0v) is 10.9. The van der Waals surface area contributed by atoms with E-state index in [0.717, 1.165) is 45.5 Å². The summed E-state index contributed by atoms with van der Waals surface area (Å²) in [6, 6.07) is 0. The second-order valence-corrected chi connectivity index (χ2v) is 6.28. The molecule has 17 heavy (non-hydrogen) atoms. The van der Waals surface area contributed by atoms with Crippen molar-refractivity contribution >= 4 is 10.2 Å². The van der Waals surface area contributed by atoms with E-state index in [-0.39, 0.29) is 0 Å². The van der Waals surface area contributed by atoms with Crippen LogP contribution < -0.4 is 5.14 Å². The molecule has 0 radical (unpaired) electrons. The summed E-state index contributed by atoms with van der Waals surface area (Å²) >= 11 is 0. The maximum atomic E-state index is 11.3. The third-order valence-electron chi connectivity index (χ3n) is 3.39. The summed E-state index contributed by atoms with van der Waals surface area (Å²) in [7, 11) is -3.52. The first-order chi connectivity index (χ1) is 8.05. The molecule has 2 fully saturated rings. The van der Waals surface area contributed by atoms with Gasteiger partial charge < -0.3 is 4.74 Å². The summed E-state index contributed by atoms with van der Waals surface area (Å²) in [5, 5.41) is 5.14. The van der Waals surface area contributed by atoms with Crippen molar-refractivity contribution in [3.05, 3.63) is 0 Å². The van der Waals surface area contributed by atoms with Gasteiger partial charge in [-0.15, -0.1) is 0 Å². The van der Waals surface area contributed by atoms with E-state index in [1.165, 1.54) is 4.31 Å². The van der Waals surface area contributed by atoms with Gasteiger partial charge in [-0.1, -0.05) is 0 Å². The summed E-state index contributed by atoms with van der Waals surface area (Å²) in [6.45, 7) is 4.47. The maximum absolute atomic E-state index is 11.3. The van der Waals surface area contributed by atoms with Crippen molar-refractivity contribution < 1.29 is 13.2 Å². The molecule has 0 aromatic carbocycles. The van der Waals surface area contributed by atoms with E-state index in [1.807, 2.05) is 0 Å². The van der Waals surface area contributed by atoms with Gasteiger partial charge in [0.1, 0.15) is 0 Å². The van der Waals surface area contributed by atoms with Crippen LogP contribution in [-0.4, -0.2) is 63.1 Å². The molecule has 0 bridgehead atoms. The van der Waals surface area contributed by atoms with Gasteiger partial charge in [-0.05, 0) is 25.8 Å². The van der Waals surface area contributed by atoms with Crippen molar-refractivity contribution in [1.82, 2.24) is 9.21 Å². The Balaban J connectivity index is 1.83. The van der Waals surface area contributed by atoms with Crippen LogP contribution in [0.3, 0.4) is 0 Å². The molecule has 1 unspecified atom stereocenters. The fraction of sp³-hybridized carbons (Fsp3) is 1.00. The summed E-state index contributed by atoms with van der Waals surface area (Å²) in [6.07, 6.45) is 3.43. The minimum atomic E-state index is -3.52. The van der Waals surface area contributed by atoms with Crippen LogP contribution in [0.1, 0.15) is 19.3 Å². The summed E-state index contributed by atoms with van der Waals surface area (Å²) in [5.74, 6) is 0. The molecule has 1 atom stereocenters. The SMILES string of the molecule is NS(=O)(=O)N1CCCN(CC2CCCO2)CC1. The molecule has 100 valence electrons. The monoisotopic (exact) mass is 263 g/mol. The van der Waals surface area contributed by atoms with E-state index in [4.69, 9.17) is 9.88 Å². The molecule has 0 amide bonds. The molecule has 0 spiro atoms. The molecule has 2 aliphatic heterocycles. The lowest BCUT2D eigenvalue weighted by Gasteiger charge is -2.23. The first-order valence-electron chi connectivity index (χ1n) is 6.17. The van der Waals surface area contributed by atoms with Gasteiger partial charge in [0, 0.05) is 32.8 Å². The van der Waals surface area contributed by atoms with E-state index in [1.54, 1.807) is 0 Å². The Morgan fingerprint density at radius 2 is 2.00 bits per heavy atom. The van der Waals surface area contributed by atoms with Gasteiger partial charge in [-0.3, -0.25) is 4.90 Å². The van der Waals surface area contributed by atoms with Gasteiger partial charge in [0.2, 0.25) is 0 Å². The molecule has 2 saturated heterocycles. The van der Waals surface area contributed by atoms with Crippen LogP contribution in [-0.2, 0) is 14.9 Å². The van der Waals surface area contributed by atoms with Crippen molar-refractivity contribution in [3.8, 4) is 0 Å². The van der Waals surface area contributed by atoms with Crippen molar-refractivity contribution in [1.29, 1.82) is 0 Å². The fourth-order valence-electron chi connectivity index (χ4n) is 2.46. The van der Waals surface area contributed by atoms with Crippen molar-refractivity contribution in [2.75, 3.05) is 39.3 Å². The topological polar surface area (TPSA) is 75.9 Å². The summed E-state index contributed by atoms with van der Waals surface area (Å²) < 4.78 is 29.5. The molecular weight excluding hydrogens is 242 g/mol. The minimum absolute atomic E-state index is 0.330. The van der Waals surface area contributed by atoms with Crippen molar-refractivity contribution in [3.63, 3.8) is 0 Å². The highest BCUT2D eigenvalue weighted by Crippen LogP contribution is 2.14. The predicted octanol–water partition coefficient (Wildman–Crippen LogP) is -0.623. The predicted molar refractivity (Wildman–Crippen MR) is 64.7 cm³/mol. The van der Waals surface area contributed by atoms with Crippen LogP contribution in [0.2, 0.25) is 0 Å². The Morgan fingerprint density at radius 1 is 1.18 bits per heavy atom. The highest BCUT2D eigenvalue weighted by molar-refractivity contribution is 7.86.